The molecule has 1 fully saturated rings. The van der Waals surface area contributed by atoms with Crippen molar-refractivity contribution in [3.63, 3.8) is 0 Å². The number of anilines is 1. The highest BCUT2D eigenvalue weighted by Crippen LogP contribution is 2.47. The topological polar surface area (TPSA) is 124 Å². The molecule has 9 heteroatoms. The zero-order valence-corrected chi connectivity index (χ0v) is 17.5. The van der Waals surface area contributed by atoms with Crippen molar-refractivity contribution in [1.82, 2.24) is 14.9 Å². The molecule has 30 heavy (non-hydrogen) atoms. The summed E-state index contributed by atoms with van der Waals surface area (Å²) >= 11 is 0. The average Bonchev–Trinajstić information content (AvgIpc) is 3.03. The Hall–Kier alpha value is -2.97. The van der Waals surface area contributed by atoms with Gasteiger partial charge in [0.05, 0.1) is 16.5 Å². The largest absolute Gasteiger partial charge is 0.473 e. The Morgan fingerprint density at radius 3 is 2.20 bits per heavy atom. The second-order valence-electron chi connectivity index (χ2n) is 8.78. The summed E-state index contributed by atoms with van der Waals surface area (Å²) in [7, 11) is 0. The van der Waals surface area contributed by atoms with Gasteiger partial charge < -0.3 is 20.0 Å². The zero-order valence-electron chi connectivity index (χ0n) is 17.5. The maximum absolute atomic E-state index is 13.0. The van der Waals surface area contributed by atoms with Gasteiger partial charge in [-0.3, -0.25) is 9.78 Å². The van der Waals surface area contributed by atoms with Crippen molar-refractivity contribution in [3.05, 3.63) is 30.2 Å². The van der Waals surface area contributed by atoms with Gasteiger partial charge in [-0.25, -0.2) is 14.6 Å². The third kappa shape index (κ3) is 3.88. The smallest absolute Gasteiger partial charge is 0.414 e. The summed E-state index contributed by atoms with van der Waals surface area (Å²) in [5.41, 5.74) is 0.832. The first kappa shape index (κ1) is 21.7. The Morgan fingerprint density at radius 1 is 1.03 bits per heavy atom. The predicted molar refractivity (Wildman–Crippen MR) is 109 cm³/mol. The van der Waals surface area contributed by atoms with E-state index in [1.165, 1.54) is 0 Å². The normalized spacial score (nSPS) is 23.5. The Labute approximate surface area is 175 Å². The van der Waals surface area contributed by atoms with Crippen molar-refractivity contribution in [2.24, 2.45) is 5.41 Å². The molecule has 4 rings (SSSR count). The number of aliphatic carboxylic acids is 2. The van der Waals surface area contributed by atoms with Crippen LogP contribution in [-0.2, 0) is 19.8 Å². The van der Waals surface area contributed by atoms with Gasteiger partial charge in [-0.15, -0.1) is 0 Å². The number of hydrogen-bond acceptors (Lipinski definition) is 6. The molecule has 1 unspecified atom stereocenters. The molecular weight excluding hydrogens is 388 g/mol. The van der Waals surface area contributed by atoms with E-state index < -0.39 is 11.9 Å². The van der Waals surface area contributed by atoms with E-state index in [1.54, 1.807) is 12.4 Å². The Morgan fingerprint density at radius 2 is 1.67 bits per heavy atom. The lowest BCUT2D eigenvalue weighted by molar-refractivity contribution is -0.159. The first-order chi connectivity index (χ1) is 14.1. The van der Waals surface area contributed by atoms with E-state index in [9.17, 15) is 4.79 Å². The van der Waals surface area contributed by atoms with Crippen molar-refractivity contribution in [3.8, 4) is 0 Å². The van der Waals surface area contributed by atoms with Gasteiger partial charge in [-0.2, -0.15) is 0 Å². The van der Waals surface area contributed by atoms with Crippen LogP contribution in [0.15, 0.2) is 24.5 Å². The predicted octanol–water partition coefficient (Wildman–Crippen LogP) is 1.69. The molecular formula is C21H28N4O5. The van der Waals surface area contributed by atoms with E-state index in [2.05, 4.69) is 47.8 Å². The zero-order chi connectivity index (χ0) is 22.1. The SMILES string of the molecule is CC(C)N1CC2(CN(C(=O)C3(C)CC=CCC3)C2)c2nccnc21.O=C(O)C(=O)O. The van der Waals surface area contributed by atoms with Crippen LogP contribution in [0.2, 0.25) is 0 Å². The van der Waals surface area contributed by atoms with E-state index in [4.69, 9.17) is 19.8 Å². The molecule has 1 aromatic rings. The fourth-order valence-electron chi connectivity index (χ4n) is 4.44. The van der Waals surface area contributed by atoms with Gasteiger partial charge in [0.2, 0.25) is 5.91 Å². The molecule has 1 saturated heterocycles. The van der Waals surface area contributed by atoms with Crippen molar-refractivity contribution < 1.29 is 24.6 Å². The van der Waals surface area contributed by atoms with Gasteiger partial charge in [0.15, 0.2) is 5.82 Å². The fourth-order valence-corrected chi connectivity index (χ4v) is 4.44. The summed E-state index contributed by atoms with van der Waals surface area (Å²) in [5, 5.41) is 14.8. The minimum atomic E-state index is -1.82. The van der Waals surface area contributed by atoms with Crippen molar-refractivity contribution >= 4 is 23.7 Å². The summed E-state index contributed by atoms with van der Waals surface area (Å²) in [5.74, 6) is -2.33. The maximum Gasteiger partial charge on any atom is 0.414 e. The lowest BCUT2D eigenvalue weighted by Crippen LogP contribution is -2.65. The number of carbonyl (C=O) groups is 3. The summed E-state index contributed by atoms with van der Waals surface area (Å²) in [6.45, 7) is 8.97. The summed E-state index contributed by atoms with van der Waals surface area (Å²) in [6, 6.07) is 0.394. The Bertz CT molecular complexity index is 866. The van der Waals surface area contributed by atoms with E-state index in [0.29, 0.717) is 11.9 Å². The van der Waals surface area contributed by atoms with Gasteiger partial charge in [-0.05, 0) is 33.1 Å². The molecule has 1 atom stereocenters. The van der Waals surface area contributed by atoms with Crippen LogP contribution in [0.4, 0.5) is 5.82 Å². The summed E-state index contributed by atoms with van der Waals surface area (Å²) < 4.78 is 0. The molecule has 0 bridgehead atoms. The molecule has 1 aliphatic carbocycles. The number of carboxylic acids is 2. The number of aromatic nitrogens is 2. The number of carbonyl (C=O) groups excluding carboxylic acids is 1. The lowest BCUT2D eigenvalue weighted by atomic mass is 9.73. The number of likely N-dealkylation sites (tertiary alicyclic amines) is 1. The summed E-state index contributed by atoms with van der Waals surface area (Å²) in [4.78, 5) is 44.8. The van der Waals surface area contributed by atoms with Crippen LogP contribution in [0.3, 0.4) is 0 Å². The van der Waals surface area contributed by atoms with Crippen LogP contribution < -0.4 is 4.90 Å². The molecule has 3 heterocycles. The monoisotopic (exact) mass is 416 g/mol. The molecule has 1 spiro atoms. The molecule has 1 aromatic heterocycles. The maximum atomic E-state index is 13.0. The van der Waals surface area contributed by atoms with Crippen molar-refractivity contribution in [1.29, 1.82) is 0 Å². The molecule has 162 valence electrons. The molecule has 2 N–H and O–H groups in total. The van der Waals surface area contributed by atoms with Crippen LogP contribution in [-0.4, -0.2) is 68.6 Å². The standard InChI is InChI=1S/C19H26N4O.C2H2O4/c1-14(2)23-13-19(15-16(23)21-10-9-20-15)11-22(12-19)17(24)18(3)7-5-4-6-8-18;3-1(4)2(5)6/h4-5,9-10,14H,6-8,11-13H2,1-3H3;(H,3,4)(H,5,6). The molecule has 2 aliphatic heterocycles. The quantitative estimate of drug-likeness (QED) is 0.551. The molecule has 0 radical (unpaired) electrons. The van der Waals surface area contributed by atoms with Gasteiger partial charge in [0.1, 0.15) is 0 Å². The summed E-state index contributed by atoms with van der Waals surface area (Å²) in [6.07, 6.45) is 10.7. The van der Waals surface area contributed by atoms with Crippen LogP contribution in [0, 0.1) is 5.41 Å². The Kier molecular flexibility index (Phi) is 5.83. The minimum absolute atomic E-state index is 0.0234. The van der Waals surface area contributed by atoms with Crippen molar-refractivity contribution in [2.75, 3.05) is 24.5 Å². The molecule has 1 amide bonds. The molecule has 0 saturated carbocycles. The number of allylic oxidation sites excluding steroid dienone is 2. The first-order valence-electron chi connectivity index (χ1n) is 10.1. The second-order valence-corrected chi connectivity index (χ2v) is 8.78. The number of hydrogen-bond donors (Lipinski definition) is 2. The molecule has 3 aliphatic rings. The number of amides is 1. The van der Waals surface area contributed by atoms with Gasteiger partial charge in [0.25, 0.3) is 0 Å². The lowest BCUT2D eigenvalue weighted by Gasteiger charge is -2.50. The second kappa shape index (κ2) is 8.04. The van der Waals surface area contributed by atoms with E-state index in [0.717, 1.165) is 50.4 Å². The minimum Gasteiger partial charge on any atom is -0.473 e. The Balaban J connectivity index is 0.000000377. The van der Waals surface area contributed by atoms with Crippen LogP contribution in [0.25, 0.3) is 0 Å². The number of rotatable bonds is 2. The van der Waals surface area contributed by atoms with Crippen molar-refractivity contribution in [2.45, 2.75) is 51.5 Å². The van der Waals surface area contributed by atoms with Gasteiger partial charge in [0, 0.05) is 38.1 Å². The highest BCUT2D eigenvalue weighted by molar-refractivity contribution is 6.27. The highest BCUT2D eigenvalue weighted by Gasteiger charge is 2.56. The third-order valence-corrected chi connectivity index (χ3v) is 6.12. The number of carboxylic acid groups (broad SMARTS) is 2. The molecule has 9 nitrogen and oxygen atoms in total. The number of fused-ring (bicyclic) bond motifs is 2. The van der Waals surface area contributed by atoms with Gasteiger partial charge in [-0.1, -0.05) is 19.1 Å². The molecule has 0 aromatic carbocycles. The third-order valence-electron chi connectivity index (χ3n) is 6.12. The van der Waals surface area contributed by atoms with Gasteiger partial charge >= 0.3 is 11.9 Å². The average molecular weight is 416 g/mol. The van der Waals surface area contributed by atoms with E-state index in [1.807, 2.05) is 4.90 Å². The van der Waals surface area contributed by atoms with E-state index >= 15 is 0 Å². The van der Waals surface area contributed by atoms with Crippen LogP contribution in [0.1, 0.15) is 45.7 Å². The first-order valence-corrected chi connectivity index (χ1v) is 10.1. The van der Waals surface area contributed by atoms with E-state index in [-0.39, 0.29) is 10.8 Å². The van der Waals surface area contributed by atoms with Crippen LogP contribution in [0.5, 0.6) is 0 Å². The van der Waals surface area contributed by atoms with Crippen LogP contribution >= 0.6 is 0 Å². The number of nitrogens with zero attached hydrogens (tertiary/aromatic N) is 4. The fraction of sp³-hybridized carbons (Fsp3) is 0.571. The highest BCUT2D eigenvalue weighted by atomic mass is 16.4.